The number of fused-ring (bicyclic) bond motifs is 1. The molecule has 0 aliphatic carbocycles. The molecule has 18 heavy (non-hydrogen) atoms. The van der Waals surface area contributed by atoms with E-state index < -0.39 is 0 Å². The van der Waals surface area contributed by atoms with Gasteiger partial charge in [-0.15, -0.1) is 0 Å². The lowest BCUT2D eigenvalue weighted by Crippen LogP contribution is -2.12. The van der Waals surface area contributed by atoms with Crippen molar-refractivity contribution in [3.8, 4) is 17.2 Å². The monoisotopic (exact) mass is 361 g/mol. The summed E-state index contributed by atoms with van der Waals surface area (Å²) in [6.45, 7) is 0. The summed E-state index contributed by atoms with van der Waals surface area (Å²) in [5.74, 6) is 1.58. The molecule has 5 nitrogen and oxygen atoms in total. The van der Waals surface area contributed by atoms with Gasteiger partial charge in [0.1, 0.15) is 9.32 Å². The second-order valence-corrected chi connectivity index (χ2v) is 4.60. The lowest BCUT2D eigenvalue weighted by atomic mass is 10.1. The number of methoxy groups -OCH3 is 3. The molecular weight excluding hydrogens is 349 g/mol. The average Bonchev–Trinajstić information content (AvgIpc) is 2.39. The standard InChI is InChI=1S/C12H12INO4/c1-16-7-5-4-6-9(11(7)18-3)14-12(15)8(13)10(6)17-2/h4-5H,1-3H3,(H,14,15). The molecule has 0 unspecified atom stereocenters. The molecule has 0 bridgehead atoms. The number of aromatic amines is 1. The summed E-state index contributed by atoms with van der Waals surface area (Å²) < 4.78 is 16.3. The lowest BCUT2D eigenvalue weighted by Gasteiger charge is -2.13. The summed E-state index contributed by atoms with van der Waals surface area (Å²) >= 11 is 1.95. The Hall–Kier alpha value is -1.44. The first kappa shape index (κ1) is 13.0. The van der Waals surface area contributed by atoms with E-state index in [0.29, 0.717) is 26.3 Å². The Kier molecular flexibility index (Phi) is 3.65. The number of benzene rings is 1. The van der Waals surface area contributed by atoms with Crippen LogP contribution in [0.4, 0.5) is 0 Å². The summed E-state index contributed by atoms with van der Waals surface area (Å²) in [5, 5.41) is 0.777. The van der Waals surface area contributed by atoms with Crippen LogP contribution in [0.3, 0.4) is 0 Å². The van der Waals surface area contributed by atoms with Crippen LogP contribution in [0, 0.1) is 3.57 Å². The van der Waals surface area contributed by atoms with Crippen LogP contribution in [0.5, 0.6) is 17.2 Å². The number of halogens is 1. The van der Waals surface area contributed by atoms with Crippen LogP contribution in [-0.4, -0.2) is 26.3 Å². The summed E-state index contributed by atoms with van der Waals surface area (Å²) in [6, 6.07) is 3.60. The van der Waals surface area contributed by atoms with E-state index in [1.807, 2.05) is 28.7 Å². The van der Waals surface area contributed by atoms with Gasteiger partial charge in [-0.3, -0.25) is 4.79 Å². The number of ether oxygens (including phenoxy) is 3. The van der Waals surface area contributed by atoms with E-state index in [-0.39, 0.29) is 5.56 Å². The van der Waals surface area contributed by atoms with Gasteiger partial charge >= 0.3 is 0 Å². The summed E-state index contributed by atoms with van der Waals surface area (Å²) in [7, 11) is 4.61. The van der Waals surface area contributed by atoms with E-state index in [2.05, 4.69) is 4.98 Å². The quantitative estimate of drug-likeness (QED) is 0.852. The van der Waals surface area contributed by atoms with Crippen molar-refractivity contribution in [3.05, 3.63) is 26.1 Å². The fourth-order valence-corrected chi connectivity index (χ4v) is 2.48. The Bertz CT molecular complexity index is 651. The van der Waals surface area contributed by atoms with Gasteiger partial charge in [-0.25, -0.2) is 0 Å². The fourth-order valence-electron chi connectivity index (χ4n) is 1.83. The predicted octanol–water partition coefficient (Wildman–Crippen LogP) is 2.16. The number of pyridine rings is 1. The van der Waals surface area contributed by atoms with Crippen molar-refractivity contribution >= 4 is 33.5 Å². The number of rotatable bonds is 3. The number of nitrogens with one attached hydrogen (secondary N) is 1. The minimum Gasteiger partial charge on any atom is -0.495 e. The first-order valence-corrected chi connectivity index (χ1v) is 6.22. The molecule has 0 fully saturated rings. The van der Waals surface area contributed by atoms with Gasteiger partial charge in [-0.1, -0.05) is 0 Å². The zero-order valence-electron chi connectivity index (χ0n) is 10.2. The highest BCUT2D eigenvalue weighted by Crippen LogP contribution is 2.38. The molecular formula is C12H12INO4. The fraction of sp³-hybridized carbons (Fsp3) is 0.250. The molecule has 1 aromatic carbocycles. The van der Waals surface area contributed by atoms with Gasteiger partial charge in [-0.2, -0.15) is 0 Å². The Morgan fingerprint density at radius 2 is 1.72 bits per heavy atom. The first-order chi connectivity index (χ1) is 8.63. The molecule has 0 saturated heterocycles. The van der Waals surface area contributed by atoms with Crippen LogP contribution >= 0.6 is 22.6 Å². The maximum Gasteiger partial charge on any atom is 0.265 e. The van der Waals surface area contributed by atoms with Gasteiger partial charge in [0.15, 0.2) is 11.5 Å². The van der Waals surface area contributed by atoms with Crippen molar-refractivity contribution in [3.63, 3.8) is 0 Å². The van der Waals surface area contributed by atoms with E-state index in [1.54, 1.807) is 13.2 Å². The third-order valence-electron chi connectivity index (χ3n) is 2.63. The molecule has 0 aliphatic heterocycles. The highest BCUT2D eigenvalue weighted by molar-refractivity contribution is 14.1. The van der Waals surface area contributed by atoms with Crippen LogP contribution in [0.2, 0.25) is 0 Å². The highest BCUT2D eigenvalue weighted by Gasteiger charge is 2.16. The molecule has 0 radical (unpaired) electrons. The van der Waals surface area contributed by atoms with Gasteiger partial charge in [0.05, 0.1) is 26.8 Å². The van der Waals surface area contributed by atoms with Crippen LogP contribution < -0.4 is 19.8 Å². The average molecular weight is 361 g/mol. The first-order valence-electron chi connectivity index (χ1n) is 5.14. The Morgan fingerprint density at radius 1 is 1.06 bits per heavy atom. The maximum atomic E-state index is 11.8. The highest BCUT2D eigenvalue weighted by atomic mass is 127. The largest absolute Gasteiger partial charge is 0.495 e. The topological polar surface area (TPSA) is 60.5 Å². The van der Waals surface area contributed by atoms with E-state index >= 15 is 0 Å². The van der Waals surface area contributed by atoms with Crippen LogP contribution in [0.15, 0.2) is 16.9 Å². The molecule has 0 aliphatic rings. The van der Waals surface area contributed by atoms with E-state index in [0.717, 1.165) is 5.39 Å². The molecule has 0 amide bonds. The Labute approximate surface area is 117 Å². The minimum absolute atomic E-state index is 0.216. The van der Waals surface area contributed by atoms with Gasteiger partial charge in [0, 0.05) is 5.39 Å². The van der Waals surface area contributed by atoms with Crippen molar-refractivity contribution in [2.75, 3.05) is 21.3 Å². The molecule has 2 rings (SSSR count). The van der Waals surface area contributed by atoms with Crippen molar-refractivity contribution in [2.45, 2.75) is 0 Å². The number of aromatic nitrogens is 1. The normalized spacial score (nSPS) is 10.4. The van der Waals surface area contributed by atoms with Gasteiger partial charge in [0.2, 0.25) is 0 Å². The van der Waals surface area contributed by atoms with Crippen LogP contribution in [-0.2, 0) is 0 Å². The third-order valence-corrected chi connectivity index (χ3v) is 3.61. The third kappa shape index (κ3) is 1.90. The minimum atomic E-state index is -0.216. The van der Waals surface area contributed by atoms with Crippen LogP contribution in [0.25, 0.3) is 10.9 Å². The van der Waals surface area contributed by atoms with Crippen molar-refractivity contribution < 1.29 is 14.2 Å². The second kappa shape index (κ2) is 5.05. The zero-order chi connectivity index (χ0) is 13.3. The molecule has 96 valence electrons. The molecule has 0 spiro atoms. The van der Waals surface area contributed by atoms with Crippen molar-refractivity contribution in [2.24, 2.45) is 0 Å². The number of hydrogen-bond acceptors (Lipinski definition) is 4. The van der Waals surface area contributed by atoms with Crippen LogP contribution in [0.1, 0.15) is 0 Å². The SMILES string of the molecule is COc1ccc2c(OC)c(I)c(=O)[nH]c2c1OC. The molecule has 6 heteroatoms. The molecule has 1 N–H and O–H groups in total. The van der Waals surface area contributed by atoms with Gasteiger partial charge in [-0.05, 0) is 34.7 Å². The molecule has 1 heterocycles. The zero-order valence-corrected chi connectivity index (χ0v) is 12.3. The van der Waals surface area contributed by atoms with E-state index in [1.165, 1.54) is 14.2 Å². The predicted molar refractivity (Wildman–Crippen MR) is 76.9 cm³/mol. The van der Waals surface area contributed by atoms with Crippen molar-refractivity contribution in [1.82, 2.24) is 4.98 Å². The van der Waals surface area contributed by atoms with Gasteiger partial charge in [0.25, 0.3) is 5.56 Å². The van der Waals surface area contributed by atoms with E-state index in [4.69, 9.17) is 14.2 Å². The number of H-pyrrole nitrogens is 1. The molecule has 0 atom stereocenters. The second-order valence-electron chi connectivity index (χ2n) is 3.52. The lowest BCUT2D eigenvalue weighted by molar-refractivity contribution is 0.357. The smallest absolute Gasteiger partial charge is 0.265 e. The Morgan fingerprint density at radius 3 is 2.28 bits per heavy atom. The summed E-state index contributed by atoms with van der Waals surface area (Å²) in [5.41, 5.74) is 0.352. The number of hydrogen-bond donors (Lipinski definition) is 1. The molecule has 2 aromatic rings. The molecule has 1 aromatic heterocycles. The Balaban J connectivity index is 2.95. The van der Waals surface area contributed by atoms with Crippen molar-refractivity contribution in [1.29, 1.82) is 0 Å². The van der Waals surface area contributed by atoms with Gasteiger partial charge < -0.3 is 19.2 Å². The summed E-state index contributed by atoms with van der Waals surface area (Å²) in [6.07, 6.45) is 0. The van der Waals surface area contributed by atoms with E-state index in [9.17, 15) is 4.79 Å². The summed E-state index contributed by atoms with van der Waals surface area (Å²) in [4.78, 5) is 14.6. The maximum absolute atomic E-state index is 11.8. The molecule has 0 saturated carbocycles.